The largest absolute Gasteiger partial charge is 0.394 e. The minimum atomic E-state index is -1.56. The van der Waals surface area contributed by atoms with Crippen molar-refractivity contribution in [2.75, 3.05) is 13.2 Å². The molecule has 1 rings (SSSR count). The van der Waals surface area contributed by atoms with Gasteiger partial charge in [0.25, 0.3) is 0 Å². The van der Waals surface area contributed by atoms with Crippen molar-refractivity contribution in [2.45, 2.75) is 397 Å². The lowest BCUT2D eigenvalue weighted by Gasteiger charge is -2.40. The van der Waals surface area contributed by atoms with Crippen LogP contribution in [-0.4, -0.2) is 87.5 Å². The quantitative estimate of drug-likeness (QED) is 0.0261. The Bertz CT molecular complexity index is 1670. The Hall–Kier alpha value is -2.63. The predicted molar refractivity (Wildman–Crippen MR) is 378 cm³/mol. The van der Waals surface area contributed by atoms with Crippen molar-refractivity contribution in [2.24, 2.45) is 0 Å². The highest BCUT2D eigenvalue weighted by atomic mass is 16.7. The number of hydrogen-bond donors (Lipinski definition) is 6. The number of hydrogen-bond acceptors (Lipinski definition) is 8. The molecule has 1 heterocycles. The van der Waals surface area contributed by atoms with E-state index < -0.39 is 49.5 Å². The van der Waals surface area contributed by atoms with E-state index in [1.807, 2.05) is 0 Å². The van der Waals surface area contributed by atoms with Crippen LogP contribution in [0.2, 0.25) is 0 Å². The highest BCUT2D eigenvalue weighted by molar-refractivity contribution is 5.76. The molecule has 0 aliphatic carbocycles. The number of unbranched alkanes of at least 4 members (excludes halogenated alkanes) is 42. The lowest BCUT2D eigenvalue weighted by atomic mass is 9.99. The number of aliphatic hydroxyl groups excluding tert-OH is 5. The van der Waals surface area contributed by atoms with E-state index in [1.54, 1.807) is 0 Å². The monoisotopic (exact) mass is 1230 g/mol. The summed E-state index contributed by atoms with van der Waals surface area (Å²) >= 11 is 0. The molecule has 7 atom stereocenters. The summed E-state index contributed by atoms with van der Waals surface area (Å²) in [6.07, 6.45) is 89.5. The molecule has 1 fully saturated rings. The first-order chi connectivity index (χ1) is 43.3. The molecule has 0 aromatic carbocycles. The maximum absolute atomic E-state index is 13.2. The molecule has 6 N–H and O–H groups in total. The van der Waals surface area contributed by atoms with E-state index in [-0.39, 0.29) is 12.5 Å². The molecule has 9 heteroatoms. The van der Waals surface area contributed by atoms with Gasteiger partial charge in [-0.1, -0.05) is 362 Å². The maximum Gasteiger partial charge on any atom is 0.220 e. The fraction of sp³-hybridized carbons (Fsp3) is 0.810. The highest BCUT2D eigenvalue weighted by Crippen LogP contribution is 2.24. The van der Waals surface area contributed by atoms with Gasteiger partial charge in [-0.25, -0.2) is 0 Å². The van der Waals surface area contributed by atoms with E-state index in [4.69, 9.17) is 9.47 Å². The van der Waals surface area contributed by atoms with Gasteiger partial charge in [0.1, 0.15) is 24.4 Å². The van der Waals surface area contributed by atoms with Gasteiger partial charge in [-0.05, 0) is 70.6 Å². The van der Waals surface area contributed by atoms with Crippen LogP contribution in [0.15, 0.2) is 85.1 Å². The number of rotatable bonds is 66. The van der Waals surface area contributed by atoms with Gasteiger partial charge in [0.05, 0.1) is 25.4 Å². The molecular weight excluding hydrogens is 1090 g/mol. The van der Waals surface area contributed by atoms with E-state index >= 15 is 0 Å². The van der Waals surface area contributed by atoms with Crippen LogP contribution >= 0.6 is 0 Å². The number of aliphatic hydroxyl groups is 5. The fourth-order valence-electron chi connectivity index (χ4n) is 11.9. The summed E-state index contributed by atoms with van der Waals surface area (Å²) < 4.78 is 11.4. The second-order valence-electron chi connectivity index (χ2n) is 26.1. The Morgan fingerprint density at radius 3 is 1.05 bits per heavy atom. The van der Waals surface area contributed by atoms with Gasteiger partial charge in [-0.3, -0.25) is 4.79 Å². The number of amides is 1. The lowest BCUT2D eigenvalue weighted by Crippen LogP contribution is -2.60. The molecule has 9 nitrogen and oxygen atoms in total. The zero-order valence-electron chi connectivity index (χ0n) is 57.5. The second-order valence-corrected chi connectivity index (χ2v) is 26.1. The van der Waals surface area contributed by atoms with Crippen LogP contribution in [0.3, 0.4) is 0 Å². The highest BCUT2D eigenvalue weighted by Gasteiger charge is 2.44. The maximum atomic E-state index is 13.2. The Labute approximate surface area is 543 Å². The van der Waals surface area contributed by atoms with Crippen LogP contribution < -0.4 is 5.32 Å². The molecule has 1 aliphatic rings. The molecule has 1 amide bonds. The molecule has 0 saturated carbocycles. The zero-order valence-corrected chi connectivity index (χ0v) is 57.5. The zero-order chi connectivity index (χ0) is 63.5. The molecule has 0 aromatic rings. The van der Waals surface area contributed by atoms with Crippen molar-refractivity contribution < 1.29 is 39.8 Å². The second kappa shape index (κ2) is 67.3. The standard InChI is InChI=1S/C79H143NO8/c1-3-5-7-9-11-13-15-17-19-21-23-25-27-29-30-31-32-33-34-35-36-37-38-39-40-41-42-43-44-45-47-49-51-53-55-57-59-61-63-65-67-69-75(83)80-72(71-87-79-78(86)77(85)76(84)74(70-81)88-79)73(82)68-66-64-62-60-58-56-54-52-50-48-46-28-26-24-22-20-18-16-14-12-10-8-6-4-2/h5,7,11,13,17,19,23,25,29-30,32-33,35-36,72-74,76-79,81-82,84-86H,3-4,6,8-10,12,14-16,18,20-22,24,26-28,31,34,37-71H2,1-2H3,(H,80,83)/b7-5-,13-11-,19-17-,25-23-,30-29-,33-32-,36-35-. The summed E-state index contributed by atoms with van der Waals surface area (Å²) in [5, 5.41) is 55.0. The molecule has 88 heavy (non-hydrogen) atoms. The van der Waals surface area contributed by atoms with E-state index in [0.29, 0.717) is 12.8 Å². The summed E-state index contributed by atoms with van der Waals surface area (Å²) in [4.78, 5) is 13.2. The molecule has 1 saturated heterocycles. The van der Waals surface area contributed by atoms with Crippen LogP contribution in [-0.2, 0) is 14.3 Å². The van der Waals surface area contributed by atoms with Crippen LogP contribution in [0, 0.1) is 0 Å². The molecule has 0 radical (unpaired) electrons. The topological polar surface area (TPSA) is 149 Å². The smallest absolute Gasteiger partial charge is 0.220 e. The van der Waals surface area contributed by atoms with Crippen molar-refractivity contribution in [3.05, 3.63) is 85.1 Å². The third-order valence-electron chi connectivity index (χ3n) is 17.8. The number of carbonyl (C=O) groups is 1. The van der Waals surface area contributed by atoms with Crippen LogP contribution in [0.25, 0.3) is 0 Å². The molecule has 0 bridgehead atoms. The Balaban J connectivity index is 2.06. The van der Waals surface area contributed by atoms with Gasteiger partial charge in [0, 0.05) is 6.42 Å². The number of ether oxygens (including phenoxy) is 2. The third-order valence-corrected chi connectivity index (χ3v) is 17.8. The van der Waals surface area contributed by atoms with E-state index in [1.165, 1.54) is 244 Å². The van der Waals surface area contributed by atoms with E-state index in [0.717, 1.165) is 83.5 Å². The van der Waals surface area contributed by atoms with E-state index in [2.05, 4.69) is 104 Å². The van der Waals surface area contributed by atoms with Crippen LogP contribution in [0.5, 0.6) is 0 Å². The summed E-state index contributed by atoms with van der Waals surface area (Å²) in [6.45, 7) is 3.77. The van der Waals surface area contributed by atoms with Crippen molar-refractivity contribution >= 4 is 5.91 Å². The average Bonchev–Trinajstić information content (AvgIpc) is 3.31. The minimum absolute atomic E-state index is 0.136. The molecule has 0 spiro atoms. The Kier molecular flexibility index (Phi) is 63.7. The van der Waals surface area contributed by atoms with Crippen molar-refractivity contribution in [1.82, 2.24) is 5.32 Å². The first-order valence-corrected chi connectivity index (χ1v) is 37.8. The molecular formula is C79H143NO8. The molecule has 512 valence electrons. The average molecular weight is 1240 g/mol. The Morgan fingerprint density at radius 1 is 0.398 bits per heavy atom. The summed E-state index contributed by atoms with van der Waals surface area (Å²) in [6, 6.07) is -0.722. The third kappa shape index (κ3) is 55.0. The first kappa shape index (κ1) is 83.4. The van der Waals surface area contributed by atoms with Crippen molar-refractivity contribution in [3.8, 4) is 0 Å². The minimum Gasteiger partial charge on any atom is -0.394 e. The van der Waals surface area contributed by atoms with Crippen molar-refractivity contribution in [1.29, 1.82) is 0 Å². The summed E-state index contributed by atoms with van der Waals surface area (Å²) in [5.41, 5.74) is 0. The van der Waals surface area contributed by atoms with Crippen LogP contribution in [0.4, 0.5) is 0 Å². The molecule has 7 unspecified atom stereocenters. The SMILES string of the molecule is CC/C=C\C/C=C\C/C=C\C/C=C\C/C=C\C/C=C\C/C=C\CCCCCCCCCCCCCCCCCCCCCC(=O)NC(COC1OC(CO)C(O)C(O)C1O)C(O)CCCCCCCCCCCCCCCCCCCCCCCCCC. The Morgan fingerprint density at radius 2 is 0.705 bits per heavy atom. The summed E-state index contributed by atoms with van der Waals surface area (Å²) in [7, 11) is 0. The van der Waals surface area contributed by atoms with Gasteiger partial charge in [-0.2, -0.15) is 0 Å². The molecule has 0 aromatic heterocycles. The normalized spacial score (nSPS) is 18.4. The van der Waals surface area contributed by atoms with Gasteiger partial charge < -0.3 is 40.3 Å². The van der Waals surface area contributed by atoms with Gasteiger partial charge >= 0.3 is 0 Å². The number of carbonyl (C=O) groups excluding carboxylic acids is 1. The van der Waals surface area contributed by atoms with Gasteiger partial charge in [0.15, 0.2) is 6.29 Å². The van der Waals surface area contributed by atoms with Gasteiger partial charge in [0.2, 0.25) is 5.91 Å². The van der Waals surface area contributed by atoms with E-state index in [9.17, 15) is 30.3 Å². The van der Waals surface area contributed by atoms with Crippen molar-refractivity contribution in [3.63, 3.8) is 0 Å². The molecule has 1 aliphatic heterocycles. The number of allylic oxidation sites excluding steroid dienone is 14. The summed E-state index contributed by atoms with van der Waals surface area (Å²) in [5.74, 6) is -0.139. The van der Waals surface area contributed by atoms with Crippen LogP contribution in [0.1, 0.15) is 354 Å². The number of nitrogens with one attached hydrogen (secondary N) is 1. The predicted octanol–water partition coefficient (Wildman–Crippen LogP) is 21.3. The first-order valence-electron chi connectivity index (χ1n) is 37.8. The fourth-order valence-corrected chi connectivity index (χ4v) is 11.9. The van der Waals surface area contributed by atoms with Gasteiger partial charge in [-0.15, -0.1) is 0 Å². The lowest BCUT2D eigenvalue weighted by molar-refractivity contribution is -0.302.